The maximum atomic E-state index is 13.0. The number of carboxylic acids is 1. The molecule has 2 saturated heterocycles. The van der Waals surface area contributed by atoms with Gasteiger partial charge in [-0.15, -0.1) is 0 Å². The zero-order valence-corrected chi connectivity index (χ0v) is 16.0. The number of amides is 1. The Morgan fingerprint density at radius 2 is 2.07 bits per heavy atom. The van der Waals surface area contributed by atoms with Gasteiger partial charge in [0.05, 0.1) is 23.2 Å². The first-order valence-electron chi connectivity index (χ1n) is 9.58. The summed E-state index contributed by atoms with van der Waals surface area (Å²) in [5, 5.41) is 20.0. The lowest BCUT2D eigenvalue weighted by Crippen LogP contribution is -2.43. The minimum atomic E-state index is -0.831. The fraction of sp³-hybridized carbons (Fsp3) is 0.579. The van der Waals surface area contributed by atoms with Gasteiger partial charge in [-0.2, -0.15) is 0 Å². The zero-order chi connectivity index (χ0) is 20.3. The van der Waals surface area contributed by atoms with E-state index >= 15 is 0 Å². The van der Waals surface area contributed by atoms with Crippen LogP contribution in [0.2, 0.25) is 0 Å². The van der Waals surface area contributed by atoms with Crippen molar-refractivity contribution in [1.29, 1.82) is 0 Å². The van der Waals surface area contributed by atoms with E-state index < -0.39 is 10.9 Å². The maximum absolute atomic E-state index is 13.0. The minimum absolute atomic E-state index is 0.0159. The Hall–Kier alpha value is -2.52. The average Bonchev–Trinajstić information content (AvgIpc) is 2.87. The summed E-state index contributed by atoms with van der Waals surface area (Å²) in [5.41, 5.74) is 0.545. The first kappa shape index (κ1) is 20.2. The zero-order valence-electron chi connectivity index (χ0n) is 16.0. The largest absolute Gasteiger partial charge is 0.480 e. The van der Waals surface area contributed by atoms with Crippen LogP contribution in [0.15, 0.2) is 24.3 Å². The number of nitro benzene ring substituents is 1. The Morgan fingerprint density at radius 1 is 1.29 bits per heavy atom. The molecule has 3 rings (SSSR count). The number of nitro groups is 1. The summed E-state index contributed by atoms with van der Waals surface area (Å²) in [4.78, 5) is 40.2. The van der Waals surface area contributed by atoms with Crippen molar-refractivity contribution in [3.8, 4) is 0 Å². The smallest absolute Gasteiger partial charge is 0.317 e. The monoisotopic (exact) mass is 390 g/mol. The second-order valence-electron chi connectivity index (χ2n) is 7.50. The lowest BCUT2D eigenvalue weighted by atomic mass is 10.1. The Balaban J connectivity index is 1.64. The number of aliphatic carboxylic acids is 1. The van der Waals surface area contributed by atoms with E-state index in [1.165, 1.54) is 12.1 Å². The molecule has 0 radical (unpaired) electrons. The first-order chi connectivity index (χ1) is 13.4. The number of carbonyl (C=O) groups excluding carboxylic acids is 1. The molecule has 9 heteroatoms. The number of anilines is 1. The summed E-state index contributed by atoms with van der Waals surface area (Å²) >= 11 is 0. The number of benzene rings is 1. The molecule has 0 bridgehead atoms. The molecule has 2 unspecified atom stereocenters. The van der Waals surface area contributed by atoms with Crippen LogP contribution in [-0.2, 0) is 9.59 Å². The third-order valence-electron chi connectivity index (χ3n) is 5.71. The van der Waals surface area contributed by atoms with E-state index in [9.17, 15) is 19.7 Å². The molecule has 1 N–H and O–H groups in total. The highest BCUT2D eigenvalue weighted by Crippen LogP contribution is 2.28. The van der Waals surface area contributed by atoms with Crippen molar-refractivity contribution in [3.63, 3.8) is 0 Å². The van der Waals surface area contributed by atoms with Gasteiger partial charge in [0.25, 0.3) is 5.69 Å². The number of rotatable bonds is 6. The predicted octanol–water partition coefficient (Wildman–Crippen LogP) is 1.57. The van der Waals surface area contributed by atoms with Crippen molar-refractivity contribution in [1.82, 2.24) is 9.80 Å². The van der Waals surface area contributed by atoms with Crippen molar-refractivity contribution >= 4 is 23.3 Å². The molecule has 1 aromatic rings. The minimum Gasteiger partial charge on any atom is -0.480 e. The van der Waals surface area contributed by atoms with Crippen LogP contribution in [0.25, 0.3) is 0 Å². The van der Waals surface area contributed by atoms with Crippen LogP contribution in [0.5, 0.6) is 0 Å². The van der Waals surface area contributed by atoms with Crippen molar-refractivity contribution in [3.05, 3.63) is 34.4 Å². The van der Waals surface area contributed by atoms with E-state index in [-0.39, 0.29) is 30.2 Å². The van der Waals surface area contributed by atoms with E-state index in [2.05, 4.69) is 4.90 Å². The number of likely N-dealkylation sites (tertiary alicyclic amines) is 1. The number of carbonyl (C=O) groups is 2. The standard InChI is InChI=1S/C19H26N4O5/c1-20(13-18(24)25)14-6-3-9-21(10-7-14)17-8-11-22(19(17)26)15-4-2-5-16(12-15)23(27)28/h2,4-5,12,14,17H,3,6-11,13H2,1H3,(H,24,25). The van der Waals surface area contributed by atoms with Crippen LogP contribution in [0.3, 0.4) is 0 Å². The number of hydrogen-bond donors (Lipinski definition) is 1. The Labute approximate surface area is 163 Å². The molecular formula is C19H26N4O5. The third-order valence-corrected chi connectivity index (χ3v) is 5.71. The quantitative estimate of drug-likeness (QED) is 0.580. The maximum Gasteiger partial charge on any atom is 0.317 e. The van der Waals surface area contributed by atoms with Crippen molar-refractivity contribution < 1.29 is 19.6 Å². The van der Waals surface area contributed by atoms with E-state index in [0.717, 1.165) is 32.4 Å². The molecule has 2 atom stereocenters. The van der Waals surface area contributed by atoms with E-state index in [1.807, 2.05) is 11.9 Å². The number of hydrogen-bond acceptors (Lipinski definition) is 6. The van der Waals surface area contributed by atoms with Gasteiger partial charge in [-0.1, -0.05) is 6.07 Å². The van der Waals surface area contributed by atoms with E-state index in [0.29, 0.717) is 18.7 Å². The SMILES string of the molecule is CN(CC(=O)O)C1CCCN(C2CCN(c3cccc([N+](=O)[O-])c3)C2=O)CC1. The molecule has 2 heterocycles. The highest BCUT2D eigenvalue weighted by Gasteiger charge is 2.38. The van der Waals surface area contributed by atoms with Gasteiger partial charge < -0.3 is 10.0 Å². The summed E-state index contributed by atoms with van der Waals surface area (Å²) in [5.74, 6) is -0.847. The summed E-state index contributed by atoms with van der Waals surface area (Å²) in [6.45, 7) is 2.11. The van der Waals surface area contributed by atoms with Gasteiger partial charge in [0.2, 0.25) is 5.91 Å². The van der Waals surface area contributed by atoms with Crippen LogP contribution in [0.4, 0.5) is 11.4 Å². The van der Waals surface area contributed by atoms with Crippen molar-refractivity contribution in [2.45, 2.75) is 37.8 Å². The second kappa shape index (κ2) is 8.66. The Morgan fingerprint density at radius 3 is 2.79 bits per heavy atom. The van der Waals surface area contributed by atoms with Crippen LogP contribution in [0.1, 0.15) is 25.7 Å². The Bertz CT molecular complexity index is 756. The van der Waals surface area contributed by atoms with Crippen LogP contribution >= 0.6 is 0 Å². The van der Waals surface area contributed by atoms with Crippen LogP contribution in [-0.4, -0.2) is 77.0 Å². The molecule has 1 aromatic carbocycles. The molecule has 152 valence electrons. The van der Waals surface area contributed by atoms with Gasteiger partial charge in [-0.05, 0) is 45.3 Å². The van der Waals surface area contributed by atoms with Gasteiger partial charge in [-0.25, -0.2) is 0 Å². The molecule has 9 nitrogen and oxygen atoms in total. The van der Waals surface area contributed by atoms with Gasteiger partial charge in [0, 0.05) is 31.3 Å². The topological polar surface area (TPSA) is 107 Å². The van der Waals surface area contributed by atoms with Gasteiger partial charge in [0.1, 0.15) is 0 Å². The van der Waals surface area contributed by atoms with Gasteiger partial charge >= 0.3 is 5.97 Å². The lowest BCUT2D eigenvalue weighted by molar-refractivity contribution is -0.384. The average molecular weight is 390 g/mol. The van der Waals surface area contributed by atoms with Gasteiger partial charge in [-0.3, -0.25) is 29.5 Å². The fourth-order valence-electron chi connectivity index (χ4n) is 4.23. The summed E-state index contributed by atoms with van der Waals surface area (Å²) in [6, 6.07) is 6.17. The summed E-state index contributed by atoms with van der Waals surface area (Å²) < 4.78 is 0. The highest BCUT2D eigenvalue weighted by molar-refractivity contribution is 5.99. The van der Waals surface area contributed by atoms with Crippen molar-refractivity contribution in [2.24, 2.45) is 0 Å². The fourth-order valence-corrected chi connectivity index (χ4v) is 4.23. The lowest BCUT2D eigenvalue weighted by Gasteiger charge is -2.28. The van der Waals surface area contributed by atoms with Crippen LogP contribution < -0.4 is 4.90 Å². The Kier molecular flexibility index (Phi) is 6.25. The number of nitrogens with zero attached hydrogens (tertiary/aromatic N) is 4. The first-order valence-corrected chi connectivity index (χ1v) is 9.58. The van der Waals surface area contributed by atoms with Gasteiger partial charge in [0.15, 0.2) is 0 Å². The highest BCUT2D eigenvalue weighted by atomic mass is 16.6. The molecule has 2 aliphatic rings. The normalized spacial score (nSPS) is 23.8. The summed E-state index contributed by atoms with van der Waals surface area (Å²) in [6.07, 6.45) is 3.34. The molecular weight excluding hydrogens is 364 g/mol. The van der Waals surface area contributed by atoms with E-state index in [1.54, 1.807) is 17.0 Å². The molecule has 0 saturated carbocycles. The molecule has 0 spiro atoms. The third kappa shape index (κ3) is 4.48. The van der Waals surface area contributed by atoms with Crippen molar-refractivity contribution in [2.75, 3.05) is 38.1 Å². The number of non-ortho nitro benzene ring substituents is 1. The molecule has 1 amide bonds. The predicted molar refractivity (Wildman–Crippen MR) is 103 cm³/mol. The second-order valence-corrected chi connectivity index (χ2v) is 7.50. The number of carboxylic acid groups (broad SMARTS) is 1. The molecule has 2 aliphatic heterocycles. The summed E-state index contributed by atoms with van der Waals surface area (Å²) in [7, 11) is 1.83. The molecule has 28 heavy (non-hydrogen) atoms. The molecule has 0 aliphatic carbocycles. The van der Waals surface area contributed by atoms with E-state index in [4.69, 9.17) is 5.11 Å². The molecule has 0 aromatic heterocycles. The number of likely N-dealkylation sites (N-methyl/N-ethyl adjacent to an activating group) is 1. The molecule has 2 fully saturated rings. The van der Waals surface area contributed by atoms with Crippen LogP contribution in [0, 0.1) is 10.1 Å².